The van der Waals surface area contributed by atoms with E-state index in [1.807, 2.05) is 4.90 Å². The summed E-state index contributed by atoms with van der Waals surface area (Å²) in [5, 5.41) is 9.02. The van der Waals surface area contributed by atoms with Crippen molar-refractivity contribution in [2.45, 2.75) is 12.7 Å². The number of nitrogens with zero attached hydrogens (tertiary/aromatic N) is 3. The number of hydrogen-bond acceptors (Lipinski definition) is 4. The summed E-state index contributed by atoms with van der Waals surface area (Å²) in [5.74, 6) is -0.473. The summed E-state index contributed by atoms with van der Waals surface area (Å²) in [4.78, 5) is 19.2. The zero-order valence-corrected chi connectivity index (χ0v) is 13.9. The Hall–Kier alpha value is -2.61. The number of aromatic nitrogens is 1. The van der Waals surface area contributed by atoms with E-state index in [-0.39, 0.29) is 5.69 Å². The van der Waals surface area contributed by atoms with Crippen LogP contribution in [0.4, 0.5) is 19.0 Å². The monoisotopic (exact) mass is 365 g/mol. The lowest BCUT2D eigenvalue weighted by Crippen LogP contribution is -2.46. The van der Waals surface area contributed by atoms with Crippen LogP contribution in [0, 0.1) is 0 Å². The number of carboxylic acids is 1. The Morgan fingerprint density at radius 2 is 1.77 bits per heavy atom. The molecule has 0 radical (unpaired) electrons. The van der Waals surface area contributed by atoms with E-state index in [0.29, 0.717) is 44.1 Å². The molecule has 0 unspecified atom stereocenters. The number of carbonyl (C=O) groups is 1. The van der Waals surface area contributed by atoms with Gasteiger partial charge in [0.25, 0.3) is 0 Å². The number of carboxylic acid groups (broad SMARTS) is 1. The van der Waals surface area contributed by atoms with E-state index < -0.39 is 17.7 Å². The molecule has 0 amide bonds. The quantitative estimate of drug-likeness (QED) is 0.902. The minimum atomic E-state index is -4.34. The minimum absolute atomic E-state index is 0.00565. The molecule has 3 rings (SSSR count). The Labute approximate surface area is 148 Å². The average molecular weight is 365 g/mol. The maximum atomic E-state index is 12.8. The molecule has 0 bridgehead atoms. The highest BCUT2D eigenvalue weighted by atomic mass is 19.4. The normalized spacial score (nSPS) is 15.9. The molecular weight excluding hydrogens is 347 g/mol. The summed E-state index contributed by atoms with van der Waals surface area (Å²) in [5.41, 5.74) is -0.0171. The molecule has 1 N–H and O–H groups in total. The first kappa shape index (κ1) is 18.2. The van der Waals surface area contributed by atoms with E-state index in [9.17, 15) is 18.0 Å². The summed E-state index contributed by atoms with van der Waals surface area (Å²) < 4.78 is 38.4. The standard InChI is InChI=1S/C18H18F3N3O2/c19-18(20,21)14-4-1-3-13(11-14)12-23-7-9-24(10-8-23)16-6-2-5-15(22-16)17(25)26/h1-6,11H,7-10,12H2,(H,25,26). The van der Waals surface area contributed by atoms with Gasteiger partial charge in [-0.05, 0) is 23.8 Å². The zero-order valence-electron chi connectivity index (χ0n) is 13.9. The first-order chi connectivity index (χ1) is 12.3. The van der Waals surface area contributed by atoms with E-state index in [2.05, 4.69) is 9.88 Å². The number of piperazine rings is 1. The topological polar surface area (TPSA) is 56.7 Å². The van der Waals surface area contributed by atoms with Crippen molar-refractivity contribution < 1.29 is 23.1 Å². The first-order valence-electron chi connectivity index (χ1n) is 8.17. The van der Waals surface area contributed by atoms with E-state index in [0.717, 1.165) is 6.07 Å². The van der Waals surface area contributed by atoms with Crippen molar-refractivity contribution in [3.63, 3.8) is 0 Å². The van der Waals surface area contributed by atoms with Crippen LogP contribution in [0.25, 0.3) is 0 Å². The SMILES string of the molecule is O=C(O)c1cccc(N2CCN(Cc3cccc(C(F)(F)F)c3)CC2)n1. The van der Waals surface area contributed by atoms with Crippen LogP contribution in [-0.4, -0.2) is 47.1 Å². The van der Waals surface area contributed by atoms with Crippen molar-refractivity contribution in [1.29, 1.82) is 0 Å². The van der Waals surface area contributed by atoms with Gasteiger partial charge in [-0.25, -0.2) is 9.78 Å². The predicted molar refractivity (Wildman–Crippen MR) is 90.1 cm³/mol. The van der Waals surface area contributed by atoms with Crippen LogP contribution in [0.15, 0.2) is 42.5 Å². The van der Waals surface area contributed by atoms with Crippen LogP contribution in [0.1, 0.15) is 21.6 Å². The van der Waals surface area contributed by atoms with Crippen LogP contribution in [-0.2, 0) is 12.7 Å². The molecule has 0 saturated carbocycles. The molecule has 0 aliphatic carbocycles. The third kappa shape index (κ3) is 4.32. The fourth-order valence-electron chi connectivity index (χ4n) is 2.96. The molecule has 1 aliphatic rings. The predicted octanol–water partition coefficient (Wildman–Crippen LogP) is 3.12. The number of anilines is 1. The van der Waals surface area contributed by atoms with Gasteiger partial charge in [0.1, 0.15) is 5.82 Å². The van der Waals surface area contributed by atoms with Gasteiger partial charge >= 0.3 is 12.1 Å². The van der Waals surface area contributed by atoms with Gasteiger partial charge in [0.05, 0.1) is 5.56 Å². The van der Waals surface area contributed by atoms with Crippen molar-refractivity contribution >= 4 is 11.8 Å². The zero-order chi connectivity index (χ0) is 18.7. The summed E-state index contributed by atoms with van der Waals surface area (Å²) in [6.07, 6.45) is -4.34. The fourth-order valence-corrected chi connectivity index (χ4v) is 2.96. The van der Waals surface area contributed by atoms with Gasteiger partial charge in [-0.3, -0.25) is 4.90 Å². The lowest BCUT2D eigenvalue weighted by Gasteiger charge is -2.35. The molecule has 138 valence electrons. The Kier molecular flexibility index (Phi) is 5.13. The van der Waals surface area contributed by atoms with Gasteiger partial charge in [0, 0.05) is 32.7 Å². The number of hydrogen-bond donors (Lipinski definition) is 1. The van der Waals surface area contributed by atoms with E-state index >= 15 is 0 Å². The molecule has 1 aromatic heterocycles. The Morgan fingerprint density at radius 3 is 2.42 bits per heavy atom. The van der Waals surface area contributed by atoms with Gasteiger partial charge in [0.2, 0.25) is 0 Å². The molecule has 1 aliphatic heterocycles. The van der Waals surface area contributed by atoms with E-state index in [1.165, 1.54) is 18.2 Å². The highest BCUT2D eigenvalue weighted by Gasteiger charge is 2.30. The van der Waals surface area contributed by atoms with Gasteiger partial charge in [-0.2, -0.15) is 13.2 Å². The summed E-state index contributed by atoms with van der Waals surface area (Å²) >= 11 is 0. The Balaban J connectivity index is 1.61. The molecule has 0 spiro atoms. The molecule has 5 nitrogen and oxygen atoms in total. The van der Waals surface area contributed by atoms with Crippen LogP contribution >= 0.6 is 0 Å². The molecule has 0 atom stereocenters. The van der Waals surface area contributed by atoms with Crippen LogP contribution in [0.3, 0.4) is 0 Å². The molecule has 26 heavy (non-hydrogen) atoms. The number of alkyl halides is 3. The van der Waals surface area contributed by atoms with Crippen molar-refractivity contribution in [3.05, 3.63) is 59.3 Å². The molecule has 1 saturated heterocycles. The second-order valence-electron chi connectivity index (χ2n) is 6.15. The number of benzene rings is 1. The Bertz CT molecular complexity index is 787. The Morgan fingerprint density at radius 1 is 1.08 bits per heavy atom. The molecule has 1 fully saturated rings. The summed E-state index contributed by atoms with van der Waals surface area (Å²) in [7, 11) is 0. The lowest BCUT2D eigenvalue weighted by atomic mass is 10.1. The first-order valence-corrected chi connectivity index (χ1v) is 8.17. The van der Waals surface area contributed by atoms with Crippen molar-refractivity contribution in [2.75, 3.05) is 31.1 Å². The second-order valence-corrected chi connectivity index (χ2v) is 6.15. The van der Waals surface area contributed by atoms with Crippen molar-refractivity contribution in [1.82, 2.24) is 9.88 Å². The van der Waals surface area contributed by atoms with E-state index in [4.69, 9.17) is 5.11 Å². The molecule has 2 aromatic rings. The molecule has 2 heterocycles. The van der Waals surface area contributed by atoms with Crippen molar-refractivity contribution in [2.24, 2.45) is 0 Å². The minimum Gasteiger partial charge on any atom is -0.477 e. The maximum absolute atomic E-state index is 12.8. The van der Waals surface area contributed by atoms with Gasteiger partial charge in [-0.15, -0.1) is 0 Å². The highest BCUT2D eigenvalue weighted by Crippen LogP contribution is 2.29. The smallest absolute Gasteiger partial charge is 0.416 e. The third-order valence-corrected chi connectivity index (χ3v) is 4.31. The number of rotatable bonds is 4. The van der Waals surface area contributed by atoms with E-state index in [1.54, 1.807) is 18.2 Å². The van der Waals surface area contributed by atoms with Crippen LogP contribution in [0.5, 0.6) is 0 Å². The second kappa shape index (κ2) is 7.33. The van der Waals surface area contributed by atoms with Crippen LogP contribution in [0.2, 0.25) is 0 Å². The largest absolute Gasteiger partial charge is 0.477 e. The summed E-state index contributed by atoms with van der Waals surface area (Å²) in [6, 6.07) is 10.2. The summed E-state index contributed by atoms with van der Waals surface area (Å²) in [6.45, 7) is 3.04. The fraction of sp³-hybridized carbons (Fsp3) is 0.333. The highest BCUT2D eigenvalue weighted by molar-refractivity contribution is 5.85. The average Bonchev–Trinajstić information content (AvgIpc) is 2.62. The van der Waals surface area contributed by atoms with Gasteiger partial charge in [-0.1, -0.05) is 24.3 Å². The van der Waals surface area contributed by atoms with Crippen LogP contribution < -0.4 is 4.90 Å². The number of pyridine rings is 1. The van der Waals surface area contributed by atoms with Gasteiger partial charge in [0.15, 0.2) is 5.69 Å². The third-order valence-electron chi connectivity index (χ3n) is 4.31. The number of aromatic carboxylic acids is 1. The van der Waals surface area contributed by atoms with Crippen molar-refractivity contribution in [3.8, 4) is 0 Å². The molecule has 1 aromatic carbocycles. The maximum Gasteiger partial charge on any atom is 0.416 e. The molecular formula is C18H18F3N3O2. The number of halogens is 3. The lowest BCUT2D eigenvalue weighted by molar-refractivity contribution is -0.137. The van der Waals surface area contributed by atoms with Gasteiger partial charge < -0.3 is 10.0 Å². The molecule has 8 heteroatoms.